The van der Waals surface area contributed by atoms with E-state index in [1.54, 1.807) is 0 Å². The highest BCUT2D eigenvalue weighted by atomic mass is 35.5. The molecule has 5 nitrogen and oxygen atoms in total. The number of amides is 1. The smallest absolute Gasteiger partial charge is 0.220 e. The van der Waals surface area contributed by atoms with Gasteiger partial charge < -0.3 is 15.0 Å². The van der Waals surface area contributed by atoms with Gasteiger partial charge in [0.05, 0.1) is 13.2 Å². The summed E-state index contributed by atoms with van der Waals surface area (Å²) in [5.74, 6) is 0.0415. The molecule has 1 aliphatic heterocycles. The van der Waals surface area contributed by atoms with E-state index >= 15 is 0 Å². The molecule has 0 spiro atoms. The first-order chi connectivity index (χ1) is 14.7. The van der Waals surface area contributed by atoms with Crippen LogP contribution in [0, 0.1) is 0 Å². The molecule has 1 amide bonds. The molecule has 6 heteroatoms. The number of morpholine rings is 1. The van der Waals surface area contributed by atoms with E-state index in [0.717, 1.165) is 61.3 Å². The highest BCUT2D eigenvalue weighted by molar-refractivity contribution is 6.30. The lowest BCUT2D eigenvalue weighted by molar-refractivity contribution is -0.121. The third-order valence-electron chi connectivity index (χ3n) is 5.74. The highest BCUT2D eigenvalue weighted by Gasteiger charge is 2.21. The Hall–Kier alpha value is -2.34. The van der Waals surface area contributed by atoms with Crippen LogP contribution in [-0.4, -0.2) is 55.2 Å². The van der Waals surface area contributed by atoms with Gasteiger partial charge in [0.1, 0.15) is 0 Å². The number of halogens is 1. The lowest BCUT2D eigenvalue weighted by atomic mass is 9.88. The predicted octanol–water partition coefficient (Wildman–Crippen LogP) is 4.18. The van der Waals surface area contributed by atoms with E-state index in [1.807, 2.05) is 42.6 Å². The maximum Gasteiger partial charge on any atom is 0.220 e. The van der Waals surface area contributed by atoms with Gasteiger partial charge in [0.25, 0.3) is 0 Å². The maximum absolute atomic E-state index is 12.8. The van der Waals surface area contributed by atoms with Crippen molar-refractivity contribution >= 4 is 28.4 Å². The van der Waals surface area contributed by atoms with Gasteiger partial charge in [-0.05, 0) is 42.3 Å². The Bertz CT molecular complexity index is 964. The topological polar surface area (TPSA) is 57.4 Å². The van der Waals surface area contributed by atoms with Crippen LogP contribution in [0.3, 0.4) is 0 Å². The van der Waals surface area contributed by atoms with E-state index in [4.69, 9.17) is 16.3 Å². The quantitative estimate of drug-likeness (QED) is 0.532. The summed E-state index contributed by atoms with van der Waals surface area (Å²) in [6, 6.07) is 16.0. The minimum atomic E-state index is -0.0299. The number of aromatic amines is 1. The van der Waals surface area contributed by atoms with Crippen LogP contribution in [0.25, 0.3) is 10.9 Å². The number of nitrogens with zero attached hydrogens (tertiary/aromatic N) is 1. The lowest BCUT2D eigenvalue weighted by Crippen LogP contribution is -2.38. The van der Waals surface area contributed by atoms with Gasteiger partial charge in [0, 0.05) is 54.1 Å². The third-order valence-corrected chi connectivity index (χ3v) is 5.99. The number of rotatable bonds is 8. The zero-order chi connectivity index (χ0) is 20.8. The van der Waals surface area contributed by atoms with Crippen LogP contribution in [0.1, 0.15) is 29.9 Å². The van der Waals surface area contributed by atoms with Crippen LogP contribution >= 0.6 is 11.6 Å². The van der Waals surface area contributed by atoms with Crippen LogP contribution in [-0.2, 0) is 9.53 Å². The number of carbonyl (C=O) groups is 1. The van der Waals surface area contributed by atoms with Crippen molar-refractivity contribution in [3.05, 3.63) is 70.9 Å². The number of nitrogens with one attached hydrogen (secondary N) is 2. The van der Waals surface area contributed by atoms with E-state index in [-0.39, 0.29) is 11.8 Å². The molecule has 0 unspecified atom stereocenters. The largest absolute Gasteiger partial charge is 0.379 e. The second-order valence-corrected chi connectivity index (χ2v) is 8.19. The van der Waals surface area contributed by atoms with Gasteiger partial charge in [0.2, 0.25) is 5.91 Å². The molecule has 1 atom stereocenters. The Labute approximate surface area is 182 Å². The molecule has 0 bridgehead atoms. The molecule has 0 radical (unpaired) electrons. The number of hydrogen-bond acceptors (Lipinski definition) is 3. The molecular weight excluding hydrogens is 398 g/mol. The van der Waals surface area contributed by atoms with Crippen molar-refractivity contribution in [1.29, 1.82) is 0 Å². The number of para-hydroxylation sites is 1. The first-order valence-corrected chi connectivity index (χ1v) is 11.0. The summed E-state index contributed by atoms with van der Waals surface area (Å²) in [7, 11) is 0. The Morgan fingerprint density at radius 1 is 1.13 bits per heavy atom. The number of hydrogen-bond donors (Lipinski definition) is 2. The fourth-order valence-electron chi connectivity index (χ4n) is 4.10. The van der Waals surface area contributed by atoms with E-state index < -0.39 is 0 Å². The van der Waals surface area contributed by atoms with Crippen molar-refractivity contribution in [2.24, 2.45) is 0 Å². The second-order valence-electron chi connectivity index (χ2n) is 7.76. The normalized spacial score (nSPS) is 15.9. The zero-order valence-corrected chi connectivity index (χ0v) is 17.8. The summed E-state index contributed by atoms with van der Waals surface area (Å²) in [6.07, 6.45) is 3.38. The maximum atomic E-state index is 12.8. The molecule has 1 fully saturated rings. The molecule has 0 saturated carbocycles. The standard InChI is InChI=1S/C24H28ClN3O2/c25-19-8-6-18(7-9-19)21(22-17-27-23-5-2-1-4-20(22)23)16-24(29)26-10-3-11-28-12-14-30-15-13-28/h1-2,4-9,17,21,27H,3,10-16H2,(H,26,29)/t21-/m1/s1. The average molecular weight is 426 g/mol. The Morgan fingerprint density at radius 3 is 2.70 bits per heavy atom. The van der Waals surface area contributed by atoms with Crippen molar-refractivity contribution in [1.82, 2.24) is 15.2 Å². The summed E-state index contributed by atoms with van der Waals surface area (Å²) in [4.78, 5) is 18.5. The van der Waals surface area contributed by atoms with Gasteiger partial charge in [-0.2, -0.15) is 0 Å². The number of carbonyl (C=O) groups excluding carboxylic acids is 1. The van der Waals surface area contributed by atoms with Crippen LogP contribution in [0.2, 0.25) is 5.02 Å². The number of benzene rings is 2. The van der Waals surface area contributed by atoms with Crippen molar-refractivity contribution < 1.29 is 9.53 Å². The molecular formula is C24H28ClN3O2. The van der Waals surface area contributed by atoms with Gasteiger partial charge in [-0.25, -0.2) is 0 Å². The van der Waals surface area contributed by atoms with Crippen molar-refractivity contribution in [3.8, 4) is 0 Å². The second kappa shape index (κ2) is 10.1. The molecule has 1 saturated heterocycles. The predicted molar refractivity (Wildman–Crippen MR) is 121 cm³/mol. The van der Waals surface area contributed by atoms with Gasteiger partial charge in [-0.15, -0.1) is 0 Å². The van der Waals surface area contributed by atoms with Gasteiger partial charge >= 0.3 is 0 Å². The Morgan fingerprint density at radius 2 is 1.90 bits per heavy atom. The van der Waals surface area contributed by atoms with Crippen molar-refractivity contribution in [3.63, 3.8) is 0 Å². The first-order valence-electron chi connectivity index (χ1n) is 10.6. The molecule has 2 aromatic carbocycles. The van der Waals surface area contributed by atoms with E-state index in [0.29, 0.717) is 18.0 Å². The fraction of sp³-hybridized carbons (Fsp3) is 0.375. The summed E-state index contributed by atoms with van der Waals surface area (Å²) in [6.45, 7) is 5.25. The molecule has 1 aromatic heterocycles. The molecule has 1 aliphatic rings. The summed E-state index contributed by atoms with van der Waals surface area (Å²) < 4.78 is 5.38. The Balaban J connectivity index is 1.42. The van der Waals surface area contributed by atoms with Gasteiger partial charge in [0.15, 0.2) is 0 Å². The van der Waals surface area contributed by atoms with Crippen molar-refractivity contribution in [2.45, 2.75) is 18.8 Å². The van der Waals surface area contributed by atoms with Crippen LogP contribution < -0.4 is 5.32 Å². The summed E-state index contributed by atoms with van der Waals surface area (Å²) in [5, 5.41) is 4.96. The molecule has 3 aromatic rings. The average Bonchev–Trinajstić information content (AvgIpc) is 3.20. The Kier molecular flexibility index (Phi) is 7.05. The summed E-state index contributed by atoms with van der Waals surface area (Å²) in [5.41, 5.74) is 3.31. The zero-order valence-electron chi connectivity index (χ0n) is 17.1. The minimum absolute atomic E-state index is 0.0299. The number of ether oxygens (including phenoxy) is 1. The van der Waals surface area contributed by atoms with Crippen LogP contribution in [0.5, 0.6) is 0 Å². The van der Waals surface area contributed by atoms with Crippen LogP contribution in [0.15, 0.2) is 54.7 Å². The monoisotopic (exact) mass is 425 g/mol. The first kappa shape index (κ1) is 20.9. The molecule has 0 aliphatic carbocycles. The molecule has 30 heavy (non-hydrogen) atoms. The molecule has 2 N–H and O–H groups in total. The van der Waals surface area contributed by atoms with Crippen molar-refractivity contribution in [2.75, 3.05) is 39.4 Å². The number of fused-ring (bicyclic) bond motifs is 1. The summed E-state index contributed by atoms with van der Waals surface area (Å²) >= 11 is 6.09. The number of aromatic nitrogens is 1. The molecule has 2 heterocycles. The highest BCUT2D eigenvalue weighted by Crippen LogP contribution is 2.33. The number of H-pyrrole nitrogens is 1. The van der Waals surface area contributed by atoms with E-state index in [1.165, 1.54) is 0 Å². The van der Waals surface area contributed by atoms with Gasteiger partial charge in [-0.3, -0.25) is 9.69 Å². The molecule has 4 rings (SSSR count). The van der Waals surface area contributed by atoms with E-state index in [9.17, 15) is 4.79 Å². The van der Waals surface area contributed by atoms with E-state index in [2.05, 4.69) is 27.3 Å². The SMILES string of the molecule is O=C(C[C@H](c1ccc(Cl)cc1)c1c[nH]c2ccccc12)NCCCN1CCOCC1. The van der Waals surface area contributed by atoms with Crippen LogP contribution in [0.4, 0.5) is 0 Å². The minimum Gasteiger partial charge on any atom is -0.379 e. The van der Waals surface area contributed by atoms with Gasteiger partial charge in [-0.1, -0.05) is 41.9 Å². The molecule has 158 valence electrons. The third kappa shape index (κ3) is 5.22. The fourth-order valence-corrected chi connectivity index (χ4v) is 4.22. The lowest BCUT2D eigenvalue weighted by Gasteiger charge is -2.26.